The van der Waals surface area contributed by atoms with E-state index in [-0.39, 0.29) is 35.2 Å². The summed E-state index contributed by atoms with van der Waals surface area (Å²) in [4.78, 5) is 30.0. The predicted octanol–water partition coefficient (Wildman–Crippen LogP) is 1.01. The molecule has 3 aromatic rings. The highest BCUT2D eigenvalue weighted by Crippen LogP contribution is 2.43. The number of hydrogen-bond acceptors (Lipinski definition) is 12. The van der Waals surface area contributed by atoms with Crippen LogP contribution >= 0.6 is 8.61 Å². The fourth-order valence-corrected chi connectivity index (χ4v) is 4.30. The number of esters is 1. The summed E-state index contributed by atoms with van der Waals surface area (Å²) >= 11 is 0. The summed E-state index contributed by atoms with van der Waals surface area (Å²) in [7, 11) is -0.468. The lowest BCUT2D eigenvalue weighted by atomic mass is 9.98. The molecular formula is C21H26FN6O8P. The molecule has 0 saturated carbocycles. The molecule has 200 valence electrons. The zero-order valence-electron chi connectivity index (χ0n) is 20.0. The van der Waals surface area contributed by atoms with E-state index < -0.39 is 50.6 Å². The molecule has 0 spiro atoms. The van der Waals surface area contributed by atoms with Gasteiger partial charge >= 0.3 is 5.97 Å². The third kappa shape index (κ3) is 5.03. The van der Waals surface area contributed by atoms with Gasteiger partial charge < -0.3 is 39.6 Å². The third-order valence-electron chi connectivity index (χ3n) is 5.87. The molecule has 16 heteroatoms. The molecule has 1 aliphatic heterocycles. The van der Waals surface area contributed by atoms with Gasteiger partial charge in [0.1, 0.15) is 24.9 Å². The first kappa shape index (κ1) is 26.5. The number of aliphatic hydroxyl groups excluding tert-OH is 1. The maximum atomic E-state index is 15.7. The maximum absolute atomic E-state index is 15.7. The van der Waals surface area contributed by atoms with Crippen LogP contribution in [0.5, 0.6) is 17.4 Å². The minimum absolute atomic E-state index is 0.0138. The number of fused-ring (bicyclic) bond motifs is 1. The lowest BCUT2D eigenvalue weighted by molar-refractivity contribution is -0.151. The fourth-order valence-electron chi connectivity index (χ4n) is 3.84. The standard InChI is InChI=1S/C21H26FN6O8P/c1-10(18(31)33-3)28(37-32)36-12-7-5-4-6-11(12)34-8-13-15(29)21(2,22)19(35-13)27-9-24-14-16(27)25-20(23)26-17(14)30/h4-7,9-10,13,15,19,29H,8,37H2,1-3H3,(H3,23,25,26,30)/t10?,13-,15-,19-,21-/m1/s1. The average Bonchev–Trinajstić information content (AvgIpc) is 3.39. The van der Waals surface area contributed by atoms with Crippen molar-refractivity contribution in [1.29, 1.82) is 0 Å². The summed E-state index contributed by atoms with van der Waals surface area (Å²) in [5.41, 5.74) is 3.29. The Labute approximate surface area is 210 Å². The van der Waals surface area contributed by atoms with Gasteiger partial charge in [-0.1, -0.05) is 17.0 Å². The largest absolute Gasteiger partial charge is 0.492 e. The number of benzene rings is 1. The van der Waals surface area contributed by atoms with Crippen LogP contribution in [-0.2, 0) is 18.8 Å². The van der Waals surface area contributed by atoms with Crippen molar-refractivity contribution < 1.29 is 43.0 Å². The van der Waals surface area contributed by atoms with Crippen molar-refractivity contribution in [2.45, 2.75) is 44.0 Å². The molecule has 1 aliphatic rings. The zero-order chi connectivity index (χ0) is 26.9. The Kier molecular flexibility index (Phi) is 7.50. The van der Waals surface area contributed by atoms with E-state index in [9.17, 15) is 19.6 Å². The second kappa shape index (κ2) is 10.5. The molecule has 14 nitrogen and oxygen atoms in total. The van der Waals surface area contributed by atoms with Crippen molar-refractivity contribution in [3.8, 4) is 17.4 Å². The van der Waals surface area contributed by atoms with Gasteiger partial charge in [0, 0.05) is 0 Å². The minimum atomic E-state index is -2.31. The van der Waals surface area contributed by atoms with E-state index in [1.165, 1.54) is 37.1 Å². The number of carbonyl (C=O) groups is 1. The number of carbonyl (C=O) groups excluding carboxylic acids is 1. The summed E-state index contributed by atoms with van der Waals surface area (Å²) in [5, 5.41) is 20.7. The van der Waals surface area contributed by atoms with Gasteiger partial charge in [0.15, 0.2) is 43.2 Å². The van der Waals surface area contributed by atoms with Gasteiger partial charge in [-0.25, -0.2) is 9.37 Å². The van der Waals surface area contributed by atoms with Crippen LogP contribution in [0.2, 0.25) is 0 Å². The van der Waals surface area contributed by atoms with Crippen LogP contribution in [0, 0.1) is 0 Å². The van der Waals surface area contributed by atoms with Gasteiger partial charge in [0.25, 0.3) is 0 Å². The molecule has 0 aliphatic carbocycles. The molecule has 4 rings (SSSR count). The number of nitrogens with zero attached hydrogens (tertiary/aromatic N) is 5. The number of aliphatic hydroxyl groups is 1. The first-order valence-corrected chi connectivity index (χ1v) is 12.0. The highest BCUT2D eigenvalue weighted by molar-refractivity contribution is 7.20. The number of anilines is 1. The van der Waals surface area contributed by atoms with Gasteiger partial charge in [0.05, 0.1) is 13.4 Å². The Balaban J connectivity index is 1.52. The number of hydroxylamine groups is 1. The Bertz CT molecular complexity index is 1310. The van der Waals surface area contributed by atoms with E-state index in [1.807, 2.05) is 0 Å². The van der Waals surface area contributed by atoms with Crippen molar-refractivity contribution in [2.24, 2.45) is 0 Å². The van der Waals surface area contributed by atoms with E-state index in [0.29, 0.717) is 0 Å². The van der Waals surface area contributed by atoms with Crippen LogP contribution in [0.3, 0.4) is 0 Å². The van der Waals surface area contributed by atoms with Gasteiger partial charge in [-0.05, 0) is 26.0 Å². The Morgan fingerprint density at radius 2 is 2.08 bits per heavy atom. The minimum Gasteiger partial charge on any atom is -0.492 e. The smallest absolute Gasteiger partial charge is 0.326 e. The van der Waals surface area contributed by atoms with Gasteiger partial charge in [0.2, 0.25) is 11.8 Å². The van der Waals surface area contributed by atoms with E-state index in [1.54, 1.807) is 12.1 Å². The van der Waals surface area contributed by atoms with E-state index >= 15 is 4.39 Å². The number of halogens is 1. The number of imidazole rings is 1. The van der Waals surface area contributed by atoms with E-state index in [2.05, 4.69) is 19.7 Å². The summed E-state index contributed by atoms with van der Waals surface area (Å²) in [6.45, 7) is 2.31. The van der Waals surface area contributed by atoms with Crippen LogP contribution < -0.4 is 15.3 Å². The Morgan fingerprint density at radius 1 is 1.38 bits per heavy atom. The molecule has 4 N–H and O–H groups in total. The Morgan fingerprint density at radius 3 is 2.76 bits per heavy atom. The molecule has 0 bridgehead atoms. The van der Waals surface area contributed by atoms with Crippen LogP contribution in [0.25, 0.3) is 11.2 Å². The monoisotopic (exact) mass is 540 g/mol. The molecule has 0 amide bonds. The van der Waals surface area contributed by atoms with Crippen molar-refractivity contribution in [1.82, 2.24) is 24.4 Å². The second-order valence-electron chi connectivity index (χ2n) is 8.37. The molecule has 0 radical (unpaired) electrons. The number of nitrogen functional groups attached to an aromatic ring is 1. The fraction of sp³-hybridized carbons (Fsp3) is 0.429. The quantitative estimate of drug-likeness (QED) is 0.199. The molecule has 1 saturated heterocycles. The number of alkyl halides is 1. The van der Waals surface area contributed by atoms with Crippen LogP contribution in [-0.4, -0.2) is 78.2 Å². The lowest BCUT2D eigenvalue weighted by Gasteiger charge is -2.24. The number of aromatic nitrogens is 4. The van der Waals surface area contributed by atoms with Crippen molar-refractivity contribution in [2.75, 3.05) is 19.5 Å². The first-order chi connectivity index (χ1) is 17.6. The number of ether oxygens (including phenoxy) is 3. The second-order valence-corrected chi connectivity index (χ2v) is 9.09. The highest BCUT2D eigenvalue weighted by atomic mass is 31.1. The number of aromatic hydroxyl groups is 1. The van der Waals surface area contributed by atoms with Crippen molar-refractivity contribution in [3.05, 3.63) is 30.6 Å². The average molecular weight is 540 g/mol. The number of methoxy groups -OCH3 is 1. The molecular weight excluding hydrogens is 514 g/mol. The number of hydrogen-bond donors (Lipinski definition) is 3. The topological polar surface area (TPSA) is 184 Å². The lowest BCUT2D eigenvalue weighted by Crippen LogP contribution is -2.41. The maximum Gasteiger partial charge on any atom is 0.326 e. The van der Waals surface area contributed by atoms with E-state index in [0.717, 1.165) is 11.8 Å². The van der Waals surface area contributed by atoms with Gasteiger partial charge in [-0.15, -0.1) is 0 Å². The van der Waals surface area contributed by atoms with Gasteiger partial charge in [-0.3, -0.25) is 9.36 Å². The summed E-state index contributed by atoms with van der Waals surface area (Å²) in [6, 6.07) is 5.37. The highest BCUT2D eigenvalue weighted by Gasteiger charge is 2.55. The van der Waals surface area contributed by atoms with E-state index in [4.69, 9.17) is 20.0 Å². The molecule has 3 heterocycles. The predicted molar refractivity (Wildman–Crippen MR) is 127 cm³/mol. The van der Waals surface area contributed by atoms with Gasteiger partial charge in [-0.2, -0.15) is 9.97 Å². The molecule has 1 aromatic carbocycles. The molecule has 1 fully saturated rings. The van der Waals surface area contributed by atoms with Crippen LogP contribution in [0.4, 0.5) is 10.3 Å². The van der Waals surface area contributed by atoms with Crippen LogP contribution in [0.1, 0.15) is 20.1 Å². The zero-order valence-corrected chi connectivity index (χ0v) is 21.2. The third-order valence-corrected chi connectivity index (χ3v) is 6.63. The molecule has 37 heavy (non-hydrogen) atoms. The summed E-state index contributed by atoms with van der Waals surface area (Å²) in [6.07, 6.45) is -2.96. The summed E-state index contributed by atoms with van der Waals surface area (Å²) in [5.74, 6) is -1.09. The normalized spacial score (nSPS) is 24.6. The Hall–Kier alpha value is -3.52. The number of nitrogens with two attached hydrogens (primary N) is 1. The first-order valence-electron chi connectivity index (χ1n) is 11.0. The SMILES string of the molecule is COC(=O)C(C)N(Oc1ccccc1OC[C@H]1O[C@@H](n2cnc3c(O)nc(N)nc32)[C@](C)(F)[C@@H]1O)[PH2]=O. The number of para-hydroxylation sites is 2. The van der Waals surface area contributed by atoms with Crippen molar-refractivity contribution >= 4 is 31.7 Å². The summed E-state index contributed by atoms with van der Waals surface area (Å²) < 4.78 is 44.8. The van der Waals surface area contributed by atoms with Crippen molar-refractivity contribution in [3.63, 3.8) is 0 Å². The molecule has 2 unspecified atom stereocenters. The number of rotatable bonds is 9. The molecule has 6 atom stereocenters. The van der Waals surface area contributed by atoms with Crippen LogP contribution in [0.15, 0.2) is 30.6 Å². The molecule has 2 aromatic heterocycles.